The maximum Gasteiger partial charge on any atom is 0.0435 e. The molecule has 0 bridgehead atoms. The van der Waals surface area contributed by atoms with Gasteiger partial charge in [-0.15, -0.1) is 0 Å². The van der Waals surface area contributed by atoms with Gasteiger partial charge in [0.1, 0.15) is 0 Å². The summed E-state index contributed by atoms with van der Waals surface area (Å²) in [7, 11) is 0. The van der Waals surface area contributed by atoms with Crippen molar-refractivity contribution in [2.45, 2.75) is 26.3 Å². The predicted octanol–water partition coefficient (Wildman–Crippen LogP) is 4.67. The summed E-state index contributed by atoms with van der Waals surface area (Å²) < 4.78 is 0. The van der Waals surface area contributed by atoms with Gasteiger partial charge in [0, 0.05) is 18.8 Å². The summed E-state index contributed by atoms with van der Waals surface area (Å²) in [6, 6.07) is 17.5. The van der Waals surface area contributed by atoms with Crippen molar-refractivity contribution in [2.75, 3.05) is 11.4 Å². The maximum absolute atomic E-state index is 4.30. The molecule has 20 heavy (non-hydrogen) atoms. The monoisotopic (exact) mass is 263 g/mol. The number of nitrogens with zero attached hydrogens (tertiary/aromatic N) is 1. The highest BCUT2D eigenvalue weighted by atomic mass is 15.1. The first-order chi connectivity index (χ1) is 9.79. The Hall–Kier alpha value is -2.02. The minimum absolute atomic E-state index is 0.961. The van der Waals surface area contributed by atoms with Gasteiger partial charge in [-0.05, 0) is 48.1 Å². The highest BCUT2D eigenvalue weighted by Crippen LogP contribution is 2.31. The van der Waals surface area contributed by atoms with Crippen LogP contribution in [0.15, 0.2) is 55.1 Å². The first-order valence-corrected chi connectivity index (χ1v) is 7.38. The van der Waals surface area contributed by atoms with Crippen molar-refractivity contribution in [3.63, 3.8) is 0 Å². The highest BCUT2D eigenvalue weighted by molar-refractivity contribution is 5.69. The highest BCUT2D eigenvalue weighted by Gasteiger charge is 2.16. The summed E-state index contributed by atoms with van der Waals surface area (Å²) in [6.07, 6.45) is 2.10. The molecule has 2 aromatic rings. The van der Waals surface area contributed by atoms with Crippen LogP contribution in [-0.2, 0) is 13.0 Å². The average Bonchev–Trinajstić information content (AvgIpc) is 2.56. The molecular formula is C19H21N. The molecule has 0 amide bonds. The fourth-order valence-electron chi connectivity index (χ4n) is 3.03. The number of hydrogen-bond acceptors (Lipinski definition) is 1. The fraction of sp³-hybridized carbons (Fsp3) is 0.263. The molecule has 3 rings (SSSR count). The Kier molecular flexibility index (Phi) is 3.60. The Bertz CT molecular complexity index is 627. The van der Waals surface area contributed by atoms with Crippen LogP contribution in [0.1, 0.15) is 30.0 Å². The fourth-order valence-corrected chi connectivity index (χ4v) is 3.03. The lowest BCUT2D eigenvalue weighted by molar-refractivity contribution is 0.824. The van der Waals surface area contributed by atoms with E-state index in [1.807, 2.05) is 0 Å². The van der Waals surface area contributed by atoms with Crippen LogP contribution in [0.2, 0.25) is 0 Å². The van der Waals surface area contributed by atoms with Crippen molar-refractivity contribution in [3.8, 4) is 0 Å². The standard InChI is InChI=1S/C19H21N/c1-3-20-14-17-9-4-6-10-18(17)15(2)12-13-16-8-5-7-11-19(16)20/h4-11H,2-3,12-14H2,1H3. The molecule has 2 aromatic carbocycles. The van der Waals surface area contributed by atoms with E-state index in [0.717, 1.165) is 25.9 Å². The van der Waals surface area contributed by atoms with E-state index in [9.17, 15) is 0 Å². The molecule has 0 aromatic heterocycles. The van der Waals surface area contributed by atoms with E-state index < -0.39 is 0 Å². The lowest BCUT2D eigenvalue weighted by atomic mass is 9.96. The number of fused-ring (bicyclic) bond motifs is 2. The van der Waals surface area contributed by atoms with Crippen molar-refractivity contribution in [1.82, 2.24) is 0 Å². The molecule has 0 saturated carbocycles. The molecule has 0 unspecified atom stereocenters. The third-order valence-corrected chi connectivity index (χ3v) is 4.17. The number of aryl methyl sites for hydroxylation is 1. The van der Waals surface area contributed by atoms with E-state index in [1.54, 1.807) is 0 Å². The summed E-state index contributed by atoms with van der Waals surface area (Å²) in [4.78, 5) is 2.47. The van der Waals surface area contributed by atoms with Crippen LogP contribution >= 0.6 is 0 Å². The van der Waals surface area contributed by atoms with Gasteiger partial charge in [-0.3, -0.25) is 0 Å². The van der Waals surface area contributed by atoms with Crippen LogP contribution in [0.25, 0.3) is 5.57 Å². The average molecular weight is 263 g/mol. The minimum atomic E-state index is 0.961. The van der Waals surface area contributed by atoms with Crippen LogP contribution in [0.5, 0.6) is 0 Å². The number of para-hydroxylation sites is 1. The largest absolute Gasteiger partial charge is 0.367 e. The second kappa shape index (κ2) is 5.54. The summed E-state index contributed by atoms with van der Waals surface area (Å²) in [6.45, 7) is 8.52. The molecule has 1 heteroatoms. The predicted molar refractivity (Wildman–Crippen MR) is 87.0 cm³/mol. The van der Waals surface area contributed by atoms with E-state index in [2.05, 4.69) is 66.9 Å². The van der Waals surface area contributed by atoms with E-state index in [4.69, 9.17) is 0 Å². The number of hydrogen-bond donors (Lipinski definition) is 0. The van der Waals surface area contributed by atoms with Crippen molar-refractivity contribution >= 4 is 11.3 Å². The minimum Gasteiger partial charge on any atom is -0.367 e. The van der Waals surface area contributed by atoms with Crippen LogP contribution < -0.4 is 4.90 Å². The van der Waals surface area contributed by atoms with E-state index >= 15 is 0 Å². The molecule has 0 radical (unpaired) electrons. The van der Waals surface area contributed by atoms with Crippen molar-refractivity contribution in [2.24, 2.45) is 0 Å². The van der Waals surface area contributed by atoms with Gasteiger partial charge in [0.15, 0.2) is 0 Å². The first kappa shape index (κ1) is 13.0. The Morgan fingerprint density at radius 3 is 2.45 bits per heavy atom. The van der Waals surface area contributed by atoms with Crippen molar-refractivity contribution in [3.05, 3.63) is 71.8 Å². The van der Waals surface area contributed by atoms with Gasteiger partial charge in [-0.2, -0.15) is 0 Å². The Balaban J connectivity index is 2.09. The Labute approximate surface area is 121 Å². The maximum atomic E-state index is 4.30. The molecule has 1 heterocycles. The summed E-state index contributed by atoms with van der Waals surface area (Å²) in [5.41, 5.74) is 6.78. The quantitative estimate of drug-likeness (QED) is 0.722. The molecular weight excluding hydrogens is 242 g/mol. The lowest BCUT2D eigenvalue weighted by Gasteiger charge is -2.25. The molecule has 0 N–H and O–H groups in total. The molecule has 0 fully saturated rings. The smallest absolute Gasteiger partial charge is 0.0435 e. The van der Waals surface area contributed by atoms with Gasteiger partial charge in [-0.25, -0.2) is 0 Å². The normalized spacial score (nSPS) is 14.8. The van der Waals surface area contributed by atoms with Crippen molar-refractivity contribution in [1.29, 1.82) is 0 Å². The first-order valence-electron chi connectivity index (χ1n) is 7.38. The van der Waals surface area contributed by atoms with E-state index in [-0.39, 0.29) is 0 Å². The van der Waals surface area contributed by atoms with E-state index in [1.165, 1.54) is 28.0 Å². The zero-order valence-corrected chi connectivity index (χ0v) is 12.1. The molecule has 1 aliphatic rings. The lowest BCUT2D eigenvalue weighted by Crippen LogP contribution is -2.23. The molecule has 0 spiro atoms. The van der Waals surface area contributed by atoms with Gasteiger partial charge in [0.05, 0.1) is 0 Å². The Morgan fingerprint density at radius 2 is 1.65 bits per heavy atom. The van der Waals surface area contributed by atoms with E-state index in [0.29, 0.717) is 0 Å². The summed E-state index contributed by atoms with van der Waals surface area (Å²) in [5, 5.41) is 0. The number of anilines is 1. The molecule has 1 aliphatic heterocycles. The second-order valence-electron chi connectivity index (χ2n) is 5.40. The topological polar surface area (TPSA) is 3.24 Å². The van der Waals surface area contributed by atoms with Crippen molar-refractivity contribution < 1.29 is 0 Å². The molecule has 102 valence electrons. The zero-order valence-electron chi connectivity index (χ0n) is 12.1. The summed E-state index contributed by atoms with van der Waals surface area (Å²) in [5.74, 6) is 0. The number of allylic oxidation sites excluding steroid dienone is 1. The van der Waals surface area contributed by atoms with Crippen LogP contribution in [0, 0.1) is 0 Å². The molecule has 0 saturated heterocycles. The van der Waals surface area contributed by atoms with Crippen LogP contribution in [0.3, 0.4) is 0 Å². The van der Waals surface area contributed by atoms with Gasteiger partial charge in [0.2, 0.25) is 0 Å². The van der Waals surface area contributed by atoms with Gasteiger partial charge < -0.3 is 4.90 Å². The van der Waals surface area contributed by atoms with Gasteiger partial charge >= 0.3 is 0 Å². The third-order valence-electron chi connectivity index (χ3n) is 4.17. The SMILES string of the molecule is C=C1CCc2ccccc2N(CC)Cc2ccccc21. The molecule has 1 nitrogen and oxygen atoms in total. The summed E-state index contributed by atoms with van der Waals surface area (Å²) >= 11 is 0. The molecule has 0 aliphatic carbocycles. The van der Waals surface area contributed by atoms with Crippen LogP contribution in [0.4, 0.5) is 5.69 Å². The number of benzene rings is 2. The number of rotatable bonds is 1. The third kappa shape index (κ3) is 2.36. The second-order valence-corrected chi connectivity index (χ2v) is 5.40. The van der Waals surface area contributed by atoms with Gasteiger partial charge in [-0.1, -0.05) is 49.0 Å². The molecule has 0 atom stereocenters. The van der Waals surface area contributed by atoms with Crippen LogP contribution in [-0.4, -0.2) is 6.54 Å². The zero-order chi connectivity index (χ0) is 13.9. The van der Waals surface area contributed by atoms with Gasteiger partial charge in [0.25, 0.3) is 0 Å². The Morgan fingerprint density at radius 1 is 0.950 bits per heavy atom.